The quantitative estimate of drug-likeness (QED) is 0.324. The Hall–Kier alpha value is -3.60. The number of halogens is 1. The van der Waals surface area contributed by atoms with Crippen LogP contribution in [0.4, 0.5) is 0 Å². The number of nitrogens with one attached hydrogen (secondary N) is 2. The van der Waals surface area contributed by atoms with Crippen molar-refractivity contribution in [3.05, 3.63) is 88.4 Å². The fourth-order valence-corrected chi connectivity index (χ4v) is 5.91. The van der Waals surface area contributed by atoms with Gasteiger partial charge in [-0.3, -0.25) is 9.59 Å². The number of fused-ring (bicyclic) bond motifs is 1. The first-order valence-corrected chi connectivity index (χ1v) is 15.4. The number of nitrogens with zero attached hydrogens (tertiary/aromatic N) is 1. The van der Waals surface area contributed by atoms with E-state index < -0.39 is 16.1 Å². The van der Waals surface area contributed by atoms with Gasteiger partial charge in [0.2, 0.25) is 28.6 Å². The monoisotopic (exact) mass is 597 g/mol. The molecular formula is C30H32ClN3O6S. The summed E-state index contributed by atoms with van der Waals surface area (Å²) in [4.78, 5) is 28.4. The fraction of sp³-hybridized carbons (Fsp3) is 0.333. The van der Waals surface area contributed by atoms with Crippen molar-refractivity contribution in [1.82, 2.24) is 14.9 Å². The van der Waals surface area contributed by atoms with Crippen LogP contribution in [0.1, 0.15) is 42.9 Å². The summed E-state index contributed by atoms with van der Waals surface area (Å²) < 4.78 is 38.3. The van der Waals surface area contributed by atoms with Gasteiger partial charge in [0.05, 0.1) is 4.90 Å². The molecular weight excluding hydrogens is 566 g/mol. The van der Waals surface area contributed by atoms with Gasteiger partial charge < -0.3 is 19.7 Å². The first-order chi connectivity index (χ1) is 19.7. The van der Waals surface area contributed by atoms with Gasteiger partial charge in [0.1, 0.15) is 6.04 Å². The van der Waals surface area contributed by atoms with Crippen molar-refractivity contribution in [1.29, 1.82) is 0 Å². The number of amides is 2. The molecule has 1 heterocycles. The minimum absolute atomic E-state index is 0.0279. The highest BCUT2D eigenvalue weighted by Crippen LogP contribution is 2.32. The molecule has 11 heteroatoms. The number of rotatable bonds is 12. The maximum Gasteiger partial charge on any atom is 0.242 e. The summed E-state index contributed by atoms with van der Waals surface area (Å²) in [6.07, 6.45) is 2.28. The lowest BCUT2D eigenvalue weighted by Crippen LogP contribution is -2.47. The van der Waals surface area contributed by atoms with Crippen LogP contribution in [0.2, 0.25) is 5.02 Å². The molecule has 1 fully saturated rings. The van der Waals surface area contributed by atoms with Gasteiger partial charge in [0.25, 0.3) is 0 Å². The predicted octanol–water partition coefficient (Wildman–Crippen LogP) is 4.18. The third-order valence-electron chi connectivity index (χ3n) is 7.10. The summed E-state index contributed by atoms with van der Waals surface area (Å²) in [7, 11) is -3.54. The van der Waals surface area contributed by atoms with Crippen molar-refractivity contribution in [2.75, 3.05) is 6.79 Å². The van der Waals surface area contributed by atoms with E-state index in [4.69, 9.17) is 21.1 Å². The molecule has 9 nitrogen and oxygen atoms in total. The molecule has 0 bridgehead atoms. The van der Waals surface area contributed by atoms with E-state index in [0.717, 1.165) is 29.5 Å². The van der Waals surface area contributed by atoms with Gasteiger partial charge in [-0.25, -0.2) is 13.1 Å². The molecule has 216 valence electrons. The second-order valence-electron chi connectivity index (χ2n) is 10.3. The van der Waals surface area contributed by atoms with Gasteiger partial charge in [-0.15, -0.1) is 0 Å². The van der Waals surface area contributed by atoms with E-state index in [0.29, 0.717) is 22.9 Å². The Morgan fingerprint density at radius 2 is 1.61 bits per heavy atom. The third-order valence-corrected chi connectivity index (χ3v) is 8.89. The number of hydrogen-bond acceptors (Lipinski definition) is 6. The third kappa shape index (κ3) is 7.58. The smallest absolute Gasteiger partial charge is 0.242 e. The standard InChI is InChI=1S/C30H32ClN3O6S/c1-20(30(36)32-17-23-6-14-27-28(16-23)40-19-39-27)34(18-22-2-8-24(31)9-3-22)29(35)15-7-21-4-12-26(13-5-21)41(37,38)33-25-10-11-25/h2-6,8-9,12-14,16,20,25,33H,7,10-11,15,17-19H2,1H3,(H,32,36)/t20-/m0/s1. The summed E-state index contributed by atoms with van der Waals surface area (Å²) in [6.45, 7) is 2.38. The minimum Gasteiger partial charge on any atom is -0.454 e. The summed E-state index contributed by atoms with van der Waals surface area (Å²) in [5.41, 5.74) is 2.52. The summed E-state index contributed by atoms with van der Waals surface area (Å²) in [6, 6.07) is 18.5. The van der Waals surface area contributed by atoms with Crippen molar-refractivity contribution >= 4 is 33.4 Å². The summed E-state index contributed by atoms with van der Waals surface area (Å²) >= 11 is 6.04. The lowest BCUT2D eigenvalue weighted by atomic mass is 10.1. The van der Waals surface area contributed by atoms with E-state index >= 15 is 0 Å². The van der Waals surface area contributed by atoms with Crippen LogP contribution in [0.3, 0.4) is 0 Å². The Labute approximate surface area is 244 Å². The van der Waals surface area contributed by atoms with Crippen LogP contribution in [0.5, 0.6) is 11.5 Å². The lowest BCUT2D eigenvalue weighted by molar-refractivity contribution is -0.140. The largest absolute Gasteiger partial charge is 0.454 e. The van der Waals surface area contributed by atoms with E-state index in [2.05, 4.69) is 10.0 Å². The molecule has 1 aliphatic carbocycles. The van der Waals surface area contributed by atoms with Crippen LogP contribution >= 0.6 is 11.6 Å². The number of hydrogen-bond donors (Lipinski definition) is 2. The Morgan fingerprint density at radius 3 is 2.32 bits per heavy atom. The molecule has 0 spiro atoms. The molecule has 1 atom stereocenters. The Balaban J connectivity index is 1.23. The molecule has 5 rings (SSSR count). The average molecular weight is 598 g/mol. The normalized spacial score (nSPS) is 14.9. The second kappa shape index (κ2) is 12.5. The fourth-order valence-electron chi connectivity index (χ4n) is 4.48. The van der Waals surface area contributed by atoms with Gasteiger partial charge in [-0.05, 0) is 79.3 Å². The van der Waals surface area contributed by atoms with Gasteiger partial charge in [0, 0.05) is 30.6 Å². The summed E-state index contributed by atoms with van der Waals surface area (Å²) in [5.74, 6) is 0.814. The molecule has 0 saturated heterocycles. The van der Waals surface area contributed by atoms with Crippen LogP contribution < -0.4 is 19.5 Å². The zero-order valence-electron chi connectivity index (χ0n) is 22.6. The maximum atomic E-state index is 13.5. The molecule has 2 amide bonds. The number of benzene rings is 3. The van der Waals surface area contributed by atoms with Crippen molar-refractivity contribution in [2.24, 2.45) is 0 Å². The van der Waals surface area contributed by atoms with Crippen molar-refractivity contribution < 1.29 is 27.5 Å². The van der Waals surface area contributed by atoms with Gasteiger partial charge in [-0.2, -0.15) is 0 Å². The van der Waals surface area contributed by atoms with Crippen molar-refractivity contribution in [2.45, 2.75) is 62.7 Å². The number of carbonyl (C=O) groups excluding carboxylic acids is 2. The highest BCUT2D eigenvalue weighted by atomic mass is 35.5. The van der Waals surface area contributed by atoms with Crippen molar-refractivity contribution in [3.8, 4) is 11.5 Å². The van der Waals surface area contributed by atoms with E-state index in [1.807, 2.05) is 24.3 Å². The molecule has 2 N–H and O–H groups in total. The van der Waals surface area contributed by atoms with Gasteiger partial charge in [0.15, 0.2) is 11.5 Å². The molecule has 41 heavy (non-hydrogen) atoms. The zero-order valence-corrected chi connectivity index (χ0v) is 24.2. The molecule has 0 aromatic heterocycles. The Morgan fingerprint density at radius 1 is 0.951 bits per heavy atom. The highest BCUT2D eigenvalue weighted by Gasteiger charge is 2.28. The van der Waals surface area contributed by atoms with Crippen LogP contribution in [0.15, 0.2) is 71.6 Å². The van der Waals surface area contributed by atoms with Gasteiger partial charge >= 0.3 is 0 Å². The number of carbonyl (C=O) groups is 2. The average Bonchev–Trinajstić information content (AvgIpc) is 3.65. The van der Waals surface area contributed by atoms with Crippen LogP contribution in [-0.4, -0.2) is 44.0 Å². The van der Waals surface area contributed by atoms with Crippen LogP contribution in [0, 0.1) is 0 Å². The zero-order chi connectivity index (χ0) is 29.0. The first-order valence-electron chi connectivity index (χ1n) is 13.5. The molecule has 0 radical (unpaired) electrons. The highest BCUT2D eigenvalue weighted by molar-refractivity contribution is 7.89. The van der Waals surface area contributed by atoms with Crippen LogP contribution in [0.25, 0.3) is 0 Å². The van der Waals surface area contributed by atoms with Crippen LogP contribution in [-0.2, 0) is 39.1 Å². The molecule has 1 aliphatic heterocycles. The minimum atomic E-state index is -3.54. The second-order valence-corrected chi connectivity index (χ2v) is 12.4. The topological polar surface area (TPSA) is 114 Å². The van der Waals surface area contributed by atoms with Crippen molar-refractivity contribution in [3.63, 3.8) is 0 Å². The predicted molar refractivity (Wildman–Crippen MR) is 154 cm³/mol. The first kappa shape index (κ1) is 28.9. The Bertz CT molecular complexity index is 1510. The molecule has 2 aliphatic rings. The molecule has 1 saturated carbocycles. The molecule has 3 aromatic rings. The van der Waals surface area contributed by atoms with E-state index in [-0.39, 0.29) is 49.1 Å². The molecule has 0 unspecified atom stereocenters. The van der Waals surface area contributed by atoms with E-state index in [1.54, 1.807) is 54.3 Å². The van der Waals surface area contributed by atoms with E-state index in [9.17, 15) is 18.0 Å². The van der Waals surface area contributed by atoms with E-state index in [1.165, 1.54) is 0 Å². The maximum absolute atomic E-state index is 13.5. The number of sulfonamides is 1. The molecule has 3 aromatic carbocycles. The Kier molecular flexibility index (Phi) is 8.82. The SMILES string of the molecule is C[C@@H](C(=O)NCc1ccc2c(c1)OCO2)N(Cc1ccc(Cl)cc1)C(=O)CCc1ccc(S(=O)(=O)NC2CC2)cc1. The summed E-state index contributed by atoms with van der Waals surface area (Å²) in [5, 5.41) is 3.50. The number of ether oxygens (including phenoxy) is 2. The number of aryl methyl sites for hydroxylation is 1. The lowest BCUT2D eigenvalue weighted by Gasteiger charge is -2.29. The van der Waals surface area contributed by atoms with Gasteiger partial charge in [-0.1, -0.05) is 41.9 Å².